The highest BCUT2D eigenvalue weighted by molar-refractivity contribution is 7.80. The Morgan fingerprint density at radius 3 is 2.37 bits per heavy atom. The molecular formula is C36H35N7O2S. The largest absolute Gasteiger partial charge is 0.438 e. The molecule has 1 amide bonds. The van der Waals surface area contributed by atoms with Crippen LogP contribution in [0.4, 0.5) is 22.0 Å². The van der Waals surface area contributed by atoms with Gasteiger partial charge in [-0.2, -0.15) is 0 Å². The van der Waals surface area contributed by atoms with Crippen LogP contribution < -0.4 is 21.7 Å². The number of pyridine rings is 1. The Morgan fingerprint density at radius 1 is 0.978 bits per heavy atom. The van der Waals surface area contributed by atoms with E-state index in [0.717, 1.165) is 81.6 Å². The number of aromatic nitrogens is 3. The lowest BCUT2D eigenvalue weighted by Crippen LogP contribution is -2.47. The van der Waals surface area contributed by atoms with Crippen molar-refractivity contribution in [2.45, 2.75) is 51.2 Å². The first kappa shape index (κ1) is 29.5. The molecule has 0 spiro atoms. The van der Waals surface area contributed by atoms with Gasteiger partial charge in [0, 0.05) is 34.1 Å². The van der Waals surface area contributed by atoms with Gasteiger partial charge in [0.25, 0.3) is 0 Å². The minimum absolute atomic E-state index is 0.208. The molecule has 1 fully saturated rings. The summed E-state index contributed by atoms with van der Waals surface area (Å²) in [5, 5.41) is 9.67. The third-order valence-corrected chi connectivity index (χ3v) is 8.46. The summed E-state index contributed by atoms with van der Waals surface area (Å²) in [6.07, 6.45) is 3.95. The molecular weight excluding hydrogens is 595 g/mol. The molecule has 0 bridgehead atoms. The minimum atomic E-state index is -0.642. The fourth-order valence-electron chi connectivity index (χ4n) is 6.13. The number of carbonyl (C=O) groups is 1. The van der Waals surface area contributed by atoms with E-state index in [-0.39, 0.29) is 10.7 Å². The summed E-state index contributed by atoms with van der Waals surface area (Å²) < 4.78 is 8.26. The second-order valence-electron chi connectivity index (χ2n) is 12.8. The van der Waals surface area contributed by atoms with Crippen molar-refractivity contribution in [2.24, 2.45) is 5.73 Å². The molecule has 10 heteroatoms. The number of para-hydroxylation sites is 1. The van der Waals surface area contributed by atoms with Gasteiger partial charge in [0.1, 0.15) is 11.4 Å². The van der Waals surface area contributed by atoms with E-state index in [1.807, 2.05) is 75.4 Å². The molecule has 2 aliphatic rings. The van der Waals surface area contributed by atoms with Crippen LogP contribution in [0.25, 0.3) is 39.6 Å². The first-order valence-electron chi connectivity index (χ1n) is 15.3. The first-order chi connectivity index (χ1) is 22.1. The number of hydrogen-bond donors (Lipinski definition) is 4. The lowest BCUT2D eigenvalue weighted by Gasteiger charge is -2.42. The van der Waals surface area contributed by atoms with E-state index in [1.54, 1.807) is 6.20 Å². The van der Waals surface area contributed by atoms with Crippen LogP contribution in [0.15, 0.2) is 91.1 Å². The molecule has 7 rings (SSSR count). The number of hydrogen-bond acceptors (Lipinski definition) is 6. The van der Waals surface area contributed by atoms with Crippen LogP contribution in [0.3, 0.4) is 0 Å². The van der Waals surface area contributed by atoms with E-state index in [9.17, 15) is 4.79 Å². The molecule has 1 aliphatic carbocycles. The van der Waals surface area contributed by atoms with Crippen molar-refractivity contribution in [1.29, 1.82) is 0 Å². The van der Waals surface area contributed by atoms with Crippen LogP contribution in [0, 0.1) is 0 Å². The average Bonchev–Trinajstić information content (AvgIpc) is 3.33. The van der Waals surface area contributed by atoms with Crippen molar-refractivity contribution < 1.29 is 9.53 Å². The summed E-state index contributed by atoms with van der Waals surface area (Å²) in [5.41, 5.74) is 12.9. The zero-order valence-corrected chi connectivity index (χ0v) is 26.7. The number of thiocarbonyl (C=S) groups is 1. The highest BCUT2D eigenvalue weighted by Gasteiger charge is 2.43. The smallest absolute Gasteiger partial charge is 0.408 e. The van der Waals surface area contributed by atoms with Crippen molar-refractivity contribution in [2.75, 3.05) is 10.6 Å². The number of fused-ring (bicyclic) bond motifs is 5. The number of anilines is 3. The SMILES string of the molecule is CC(C)(C)NC(=O)OC1(c2ccc(-c3c(-c4ccc(NC(N)=S)cc4)nc4n3-c3cccnc3Nc3ccccc3-4)cc2)CCC1. The van der Waals surface area contributed by atoms with Gasteiger partial charge in [-0.25, -0.2) is 14.8 Å². The molecule has 232 valence electrons. The van der Waals surface area contributed by atoms with E-state index in [1.165, 1.54) is 0 Å². The van der Waals surface area contributed by atoms with Crippen molar-refractivity contribution >= 4 is 40.6 Å². The van der Waals surface area contributed by atoms with E-state index >= 15 is 0 Å². The lowest BCUT2D eigenvalue weighted by molar-refractivity contribution is -0.0549. The fourth-order valence-corrected chi connectivity index (χ4v) is 6.25. The number of carbonyl (C=O) groups excluding carboxylic acids is 1. The second-order valence-corrected chi connectivity index (χ2v) is 13.2. The third-order valence-electron chi connectivity index (χ3n) is 8.36. The Labute approximate surface area is 273 Å². The second kappa shape index (κ2) is 11.3. The molecule has 0 unspecified atom stereocenters. The molecule has 1 aliphatic heterocycles. The zero-order valence-electron chi connectivity index (χ0n) is 25.9. The Kier molecular flexibility index (Phi) is 7.24. The molecule has 0 atom stereocenters. The van der Waals surface area contributed by atoms with Crippen molar-refractivity contribution in [3.63, 3.8) is 0 Å². The van der Waals surface area contributed by atoms with E-state index in [0.29, 0.717) is 0 Å². The topological polar surface area (TPSA) is 119 Å². The van der Waals surface area contributed by atoms with Gasteiger partial charge < -0.3 is 26.4 Å². The van der Waals surface area contributed by atoms with Gasteiger partial charge in [0.15, 0.2) is 10.9 Å². The number of nitrogens with zero attached hydrogens (tertiary/aromatic N) is 3. The summed E-state index contributed by atoms with van der Waals surface area (Å²) in [4.78, 5) is 22.8. The van der Waals surface area contributed by atoms with Crippen molar-refractivity contribution in [3.8, 4) is 39.6 Å². The number of rotatable bonds is 5. The van der Waals surface area contributed by atoms with Crippen LogP contribution in [0.2, 0.25) is 0 Å². The number of amides is 1. The van der Waals surface area contributed by atoms with E-state index in [4.69, 9.17) is 32.7 Å². The van der Waals surface area contributed by atoms with Crippen LogP contribution in [0.5, 0.6) is 0 Å². The van der Waals surface area contributed by atoms with Crippen LogP contribution in [-0.2, 0) is 10.3 Å². The molecule has 3 aromatic carbocycles. The van der Waals surface area contributed by atoms with Crippen LogP contribution in [-0.4, -0.2) is 31.3 Å². The van der Waals surface area contributed by atoms with E-state index in [2.05, 4.69) is 50.8 Å². The monoisotopic (exact) mass is 629 g/mol. The molecule has 1 saturated carbocycles. The van der Waals surface area contributed by atoms with Gasteiger partial charge in [-0.1, -0.05) is 48.5 Å². The molecule has 0 saturated heterocycles. The lowest BCUT2D eigenvalue weighted by atomic mass is 9.74. The average molecular weight is 630 g/mol. The quantitative estimate of drug-likeness (QED) is 0.142. The molecule has 2 aromatic heterocycles. The number of ether oxygens (including phenoxy) is 1. The maximum Gasteiger partial charge on any atom is 0.408 e. The fraction of sp³-hybridized carbons (Fsp3) is 0.222. The normalized spacial score (nSPS) is 14.3. The Morgan fingerprint density at radius 2 is 1.70 bits per heavy atom. The molecule has 5 aromatic rings. The number of imidazole rings is 1. The maximum atomic E-state index is 12.8. The highest BCUT2D eigenvalue weighted by atomic mass is 32.1. The summed E-state index contributed by atoms with van der Waals surface area (Å²) in [6, 6.07) is 28.4. The Bertz CT molecular complexity index is 1960. The molecule has 5 N–H and O–H groups in total. The van der Waals surface area contributed by atoms with Crippen molar-refractivity contribution in [3.05, 3.63) is 96.7 Å². The van der Waals surface area contributed by atoms with E-state index < -0.39 is 11.7 Å². The predicted octanol–water partition coefficient (Wildman–Crippen LogP) is 7.88. The molecule has 0 radical (unpaired) electrons. The summed E-state index contributed by atoms with van der Waals surface area (Å²) in [7, 11) is 0. The standard InChI is InChI=1S/C36H35N7O2S/c1-35(2,3)42-34(44)45-36(19-7-20-36)24-15-11-23(12-16-24)30-29(22-13-17-25(18-14-22)39-33(37)46)41-32-26-8-4-5-9-27(26)40-31-28(43(30)32)10-6-21-38-31/h4-6,8-18,21H,7,19-20H2,1-3H3,(H,38,40)(H,42,44)(H3,37,39,46). The number of nitrogens with two attached hydrogens (primary N) is 1. The van der Waals surface area contributed by atoms with Crippen LogP contribution in [0.1, 0.15) is 45.6 Å². The molecule has 3 heterocycles. The number of nitrogens with one attached hydrogen (secondary N) is 3. The summed E-state index contributed by atoms with van der Waals surface area (Å²) in [5.74, 6) is 1.53. The third kappa shape index (κ3) is 5.45. The number of alkyl carbamates (subject to hydrolysis) is 1. The maximum absolute atomic E-state index is 12.8. The summed E-state index contributed by atoms with van der Waals surface area (Å²) >= 11 is 5.04. The highest BCUT2D eigenvalue weighted by Crippen LogP contribution is 2.47. The number of benzene rings is 3. The van der Waals surface area contributed by atoms with Gasteiger partial charge in [0.2, 0.25) is 0 Å². The van der Waals surface area contributed by atoms with Gasteiger partial charge in [-0.3, -0.25) is 4.57 Å². The zero-order chi connectivity index (χ0) is 32.1. The minimum Gasteiger partial charge on any atom is -0.438 e. The molecule has 46 heavy (non-hydrogen) atoms. The molecule has 9 nitrogen and oxygen atoms in total. The predicted molar refractivity (Wildman–Crippen MR) is 186 cm³/mol. The van der Waals surface area contributed by atoms with Crippen LogP contribution >= 0.6 is 12.2 Å². The van der Waals surface area contributed by atoms with Crippen molar-refractivity contribution in [1.82, 2.24) is 19.9 Å². The van der Waals surface area contributed by atoms with Gasteiger partial charge in [-0.15, -0.1) is 0 Å². The first-order valence-corrected chi connectivity index (χ1v) is 15.7. The van der Waals surface area contributed by atoms with Gasteiger partial charge in [-0.05, 0) is 94.2 Å². The summed E-state index contributed by atoms with van der Waals surface area (Å²) in [6.45, 7) is 5.84. The van der Waals surface area contributed by atoms with Gasteiger partial charge >= 0.3 is 6.09 Å². The Hall–Kier alpha value is -5.22. The Balaban J connectivity index is 1.38. The van der Waals surface area contributed by atoms with Gasteiger partial charge in [0.05, 0.1) is 22.8 Å².